The van der Waals surface area contributed by atoms with E-state index >= 15 is 0 Å². The van der Waals surface area contributed by atoms with E-state index in [1.807, 2.05) is 0 Å². The van der Waals surface area contributed by atoms with E-state index in [1.165, 1.54) is 0 Å². The maximum Gasteiger partial charge on any atom is 0.304 e. The molecule has 0 bridgehead atoms. The van der Waals surface area contributed by atoms with Crippen molar-refractivity contribution in [1.82, 2.24) is 0 Å². The van der Waals surface area contributed by atoms with Gasteiger partial charge in [0.1, 0.15) is 0 Å². The second-order valence-corrected chi connectivity index (χ2v) is 3.55. The smallest absolute Gasteiger partial charge is 0.304 e. The van der Waals surface area contributed by atoms with Gasteiger partial charge in [-0.2, -0.15) is 0 Å². The molecule has 0 rings (SSSR count). The predicted molar refractivity (Wildman–Crippen MR) is 53.7 cm³/mol. The normalized spacial score (nSPS) is 12.4. The maximum atomic E-state index is 10.9. The molecule has 0 radical (unpaired) electrons. The first-order valence-corrected chi connectivity index (χ1v) is 5.09. The van der Waals surface area contributed by atoms with E-state index in [0.717, 1.165) is 25.7 Å². The minimum absolute atomic E-state index is 0.137. The Morgan fingerprint density at radius 1 is 1.29 bits per heavy atom. The second-order valence-electron chi connectivity index (χ2n) is 3.55. The number of aliphatic carboxylic acids is 1. The highest BCUT2D eigenvalue weighted by Gasteiger charge is 2.18. The number of nitrogens with two attached hydrogens (primary N) is 1. The first kappa shape index (κ1) is 12.9. The molecule has 0 aromatic carbocycles. The van der Waals surface area contributed by atoms with Crippen LogP contribution in [0.3, 0.4) is 0 Å². The Kier molecular flexibility index (Phi) is 6.80. The molecule has 3 N–H and O–H groups in total. The van der Waals surface area contributed by atoms with Crippen molar-refractivity contribution in [3.05, 3.63) is 0 Å². The Bertz CT molecular complexity index is 192. The van der Waals surface area contributed by atoms with Crippen molar-refractivity contribution in [2.24, 2.45) is 11.7 Å². The van der Waals surface area contributed by atoms with Gasteiger partial charge in [-0.3, -0.25) is 9.59 Å². The molecule has 0 aromatic rings. The van der Waals surface area contributed by atoms with Crippen LogP contribution in [0, 0.1) is 5.92 Å². The zero-order chi connectivity index (χ0) is 11.0. The third-order valence-corrected chi connectivity index (χ3v) is 2.23. The molecule has 0 fully saturated rings. The van der Waals surface area contributed by atoms with Gasteiger partial charge in [0, 0.05) is 5.92 Å². The summed E-state index contributed by atoms with van der Waals surface area (Å²) >= 11 is 0. The van der Waals surface area contributed by atoms with Crippen molar-refractivity contribution in [3.8, 4) is 0 Å². The van der Waals surface area contributed by atoms with Crippen LogP contribution in [0.1, 0.15) is 45.4 Å². The maximum absolute atomic E-state index is 10.9. The third-order valence-electron chi connectivity index (χ3n) is 2.23. The highest BCUT2D eigenvalue weighted by molar-refractivity contribution is 5.81. The van der Waals surface area contributed by atoms with Crippen molar-refractivity contribution in [2.45, 2.75) is 45.4 Å². The van der Waals surface area contributed by atoms with E-state index in [0.29, 0.717) is 6.42 Å². The molecular weight excluding hydrogens is 182 g/mol. The lowest BCUT2D eigenvalue weighted by atomic mass is 9.97. The van der Waals surface area contributed by atoms with Crippen LogP contribution in [-0.4, -0.2) is 17.0 Å². The molecule has 0 saturated carbocycles. The lowest BCUT2D eigenvalue weighted by molar-refractivity contribution is -0.140. The number of amides is 1. The number of hydrogen-bond acceptors (Lipinski definition) is 2. The molecule has 4 heteroatoms. The standard InChI is InChI=1S/C10H19NO3/c1-2-3-4-5-6-8(10(11)14)7-9(12)13/h8H,2-7H2,1H3,(H2,11,14)(H,12,13). The Morgan fingerprint density at radius 3 is 2.36 bits per heavy atom. The van der Waals surface area contributed by atoms with Gasteiger partial charge in [-0.25, -0.2) is 0 Å². The average Bonchev–Trinajstić information content (AvgIpc) is 2.09. The van der Waals surface area contributed by atoms with E-state index < -0.39 is 17.8 Å². The summed E-state index contributed by atoms with van der Waals surface area (Å²) in [6.07, 6.45) is 4.64. The summed E-state index contributed by atoms with van der Waals surface area (Å²) in [5, 5.41) is 8.53. The summed E-state index contributed by atoms with van der Waals surface area (Å²) in [4.78, 5) is 21.3. The third kappa shape index (κ3) is 6.46. The molecule has 4 nitrogen and oxygen atoms in total. The van der Waals surface area contributed by atoms with Gasteiger partial charge in [0.2, 0.25) is 5.91 Å². The fraction of sp³-hybridized carbons (Fsp3) is 0.800. The first-order chi connectivity index (χ1) is 6.57. The number of carbonyl (C=O) groups excluding carboxylic acids is 1. The van der Waals surface area contributed by atoms with Crippen LogP contribution in [0.4, 0.5) is 0 Å². The van der Waals surface area contributed by atoms with E-state index in [-0.39, 0.29) is 6.42 Å². The molecule has 0 aliphatic heterocycles. The summed E-state index contributed by atoms with van der Waals surface area (Å²) in [6, 6.07) is 0. The zero-order valence-corrected chi connectivity index (χ0v) is 8.66. The van der Waals surface area contributed by atoms with Crippen LogP contribution in [-0.2, 0) is 9.59 Å². The van der Waals surface area contributed by atoms with Crippen molar-refractivity contribution in [1.29, 1.82) is 0 Å². The number of unbranched alkanes of at least 4 members (excludes halogenated alkanes) is 3. The minimum atomic E-state index is -0.954. The van der Waals surface area contributed by atoms with Crippen molar-refractivity contribution < 1.29 is 14.7 Å². The van der Waals surface area contributed by atoms with Crippen molar-refractivity contribution in [2.75, 3.05) is 0 Å². The Morgan fingerprint density at radius 2 is 1.93 bits per heavy atom. The highest BCUT2D eigenvalue weighted by Crippen LogP contribution is 2.14. The average molecular weight is 201 g/mol. The van der Waals surface area contributed by atoms with Gasteiger partial charge in [-0.15, -0.1) is 0 Å². The SMILES string of the molecule is CCCCCCC(CC(=O)O)C(N)=O. The van der Waals surface area contributed by atoms with Gasteiger partial charge in [0.15, 0.2) is 0 Å². The van der Waals surface area contributed by atoms with Gasteiger partial charge in [0.05, 0.1) is 6.42 Å². The Balaban J connectivity index is 3.74. The number of carboxylic acids is 1. The Hall–Kier alpha value is -1.06. The zero-order valence-electron chi connectivity index (χ0n) is 8.66. The Labute approximate surface area is 84.5 Å². The molecule has 0 aliphatic rings. The van der Waals surface area contributed by atoms with Crippen LogP contribution in [0.15, 0.2) is 0 Å². The number of carboxylic acid groups (broad SMARTS) is 1. The lowest BCUT2D eigenvalue weighted by Crippen LogP contribution is -2.25. The van der Waals surface area contributed by atoms with Gasteiger partial charge < -0.3 is 10.8 Å². The molecule has 0 aromatic heterocycles. The summed E-state index contributed by atoms with van der Waals surface area (Å²) in [6.45, 7) is 2.10. The number of hydrogen-bond donors (Lipinski definition) is 2. The molecule has 82 valence electrons. The first-order valence-electron chi connectivity index (χ1n) is 5.09. The minimum Gasteiger partial charge on any atom is -0.481 e. The molecule has 0 spiro atoms. The van der Waals surface area contributed by atoms with Gasteiger partial charge in [-0.05, 0) is 6.42 Å². The molecule has 1 atom stereocenters. The number of rotatable bonds is 8. The van der Waals surface area contributed by atoms with Crippen LogP contribution in [0.25, 0.3) is 0 Å². The monoisotopic (exact) mass is 201 g/mol. The van der Waals surface area contributed by atoms with Gasteiger partial charge in [0.25, 0.3) is 0 Å². The van der Waals surface area contributed by atoms with Crippen LogP contribution >= 0.6 is 0 Å². The lowest BCUT2D eigenvalue weighted by Gasteiger charge is -2.09. The number of carbonyl (C=O) groups is 2. The fourth-order valence-corrected chi connectivity index (χ4v) is 1.37. The molecule has 14 heavy (non-hydrogen) atoms. The largest absolute Gasteiger partial charge is 0.481 e. The topological polar surface area (TPSA) is 80.4 Å². The summed E-state index contributed by atoms with van der Waals surface area (Å²) in [7, 11) is 0. The summed E-state index contributed by atoms with van der Waals surface area (Å²) in [5.41, 5.74) is 5.10. The van der Waals surface area contributed by atoms with Crippen molar-refractivity contribution >= 4 is 11.9 Å². The van der Waals surface area contributed by atoms with Gasteiger partial charge >= 0.3 is 5.97 Å². The number of primary amides is 1. The van der Waals surface area contributed by atoms with Crippen LogP contribution < -0.4 is 5.73 Å². The summed E-state index contributed by atoms with van der Waals surface area (Å²) < 4.78 is 0. The van der Waals surface area contributed by atoms with E-state index in [2.05, 4.69) is 6.92 Å². The molecule has 0 aliphatic carbocycles. The van der Waals surface area contributed by atoms with Crippen molar-refractivity contribution in [3.63, 3.8) is 0 Å². The van der Waals surface area contributed by atoms with Crippen LogP contribution in [0.2, 0.25) is 0 Å². The molecule has 0 saturated heterocycles. The van der Waals surface area contributed by atoms with Crippen LogP contribution in [0.5, 0.6) is 0 Å². The second kappa shape index (κ2) is 7.35. The molecule has 1 unspecified atom stereocenters. The quantitative estimate of drug-likeness (QED) is 0.584. The van der Waals surface area contributed by atoms with E-state index in [1.54, 1.807) is 0 Å². The molecule has 1 amide bonds. The highest BCUT2D eigenvalue weighted by atomic mass is 16.4. The molecular formula is C10H19NO3. The van der Waals surface area contributed by atoms with Gasteiger partial charge in [-0.1, -0.05) is 32.6 Å². The summed E-state index contributed by atoms with van der Waals surface area (Å²) in [5.74, 6) is -1.95. The van der Waals surface area contributed by atoms with E-state index in [9.17, 15) is 9.59 Å². The van der Waals surface area contributed by atoms with E-state index in [4.69, 9.17) is 10.8 Å². The molecule has 0 heterocycles. The fourth-order valence-electron chi connectivity index (χ4n) is 1.37. The predicted octanol–water partition coefficient (Wildman–Crippen LogP) is 1.53.